The minimum atomic E-state index is -0.127. The lowest BCUT2D eigenvalue weighted by atomic mass is 9.79. The lowest BCUT2D eigenvalue weighted by molar-refractivity contribution is 0.175. The van der Waals surface area contributed by atoms with Crippen molar-refractivity contribution < 1.29 is 9.50 Å². The normalized spacial score (nSPS) is 20.4. The van der Waals surface area contributed by atoms with Crippen molar-refractivity contribution in [3.8, 4) is 0 Å². The second kappa shape index (κ2) is 9.18. The highest BCUT2D eigenvalue weighted by atomic mass is 19.1. The number of guanidine groups is 1. The predicted molar refractivity (Wildman–Crippen MR) is 101 cm³/mol. The molecule has 5 heteroatoms. The van der Waals surface area contributed by atoms with Gasteiger partial charge < -0.3 is 15.7 Å². The summed E-state index contributed by atoms with van der Waals surface area (Å²) in [5.41, 5.74) is 0.832. The highest BCUT2D eigenvalue weighted by Gasteiger charge is 2.40. The van der Waals surface area contributed by atoms with Crippen LogP contribution in [0.5, 0.6) is 0 Å². The molecule has 1 aliphatic rings. The molecule has 0 spiro atoms. The van der Waals surface area contributed by atoms with Gasteiger partial charge in [0.25, 0.3) is 0 Å². The van der Waals surface area contributed by atoms with Gasteiger partial charge in [0.05, 0.1) is 0 Å². The molecule has 3 N–H and O–H groups in total. The molecule has 0 aliphatic heterocycles. The molecule has 1 saturated carbocycles. The summed E-state index contributed by atoms with van der Waals surface area (Å²) >= 11 is 0. The van der Waals surface area contributed by atoms with E-state index >= 15 is 0 Å². The summed E-state index contributed by atoms with van der Waals surface area (Å²) in [6.45, 7) is 8.02. The predicted octanol–water partition coefficient (Wildman–Crippen LogP) is 3.43. The van der Waals surface area contributed by atoms with E-state index in [0.717, 1.165) is 43.8 Å². The van der Waals surface area contributed by atoms with E-state index in [-0.39, 0.29) is 29.8 Å². The summed E-state index contributed by atoms with van der Waals surface area (Å²) in [5.74, 6) is 0.873. The van der Waals surface area contributed by atoms with Crippen LogP contribution in [0.3, 0.4) is 0 Å². The van der Waals surface area contributed by atoms with Crippen molar-refractivity contribution in [2.24, 2.45) is 10.4 Å². The summed E-state index contributed by atoms with van der Waals surface area (Å²) in [5, 5.41) is 16.1. The van der Waals surface area contributed by atoms with Crippen LogP contribution in [0.2, 0.25) is 0 Å². The summed E-state index contributed by atoms with van der Waals surface area (Å²) < 4.78 is 13.9. The third-order valence-electron chi connectivity index (χ3n) is 5.48. The first-order valence-corrected chi connectivity index (χ1v) is 9.49. The molecule has 0 bridgehead atoms. The fraction of sp³-hybridized carbons (Fsp3) is 0.650. The Balaban J connectivity index is 2.00. The van der Waals surface area contributed by atoms with Crippen LogP contribution in [0.4, 0.5) is 4.39 Å². The zero-order valence-electron chi connectivity index (χ0n) is 15.7. The quantitative estimate of drug-likeness (QED) is 0.473. The van der Waals surface area contributed by atoms with E-state index in [9.17, 15) is 9.50 Å². The molecule has 0 heterocycles. The number of nitrogens with zero attached hydrogens (tertiary/aromatic N) is 1. The molecule has 2 unspecified atom stereocenters. The molecule has 1 fully saturated rings. The van der Waals surface area contributed by atoms with Gasteiger partial charge in [0.1, 0.15) is 5.82 Å². The number of nitrogens with one attached hydrogen (secondary N) is 2. The van der Waals surface area contributed by atoms with Crippen LogP contribution in [-0.2, 0) is 0 Å². The van der Waals surface area contributed by atoms with Gasteiger partial charge in [0, 0.05) is 31.7 Å². The van der Waals surface area contributed by atoms with Gasteiger partial charge in [0.2, 0.25) is 0 Å². The Morgan fingerprint density at radius 2 is 2.00 bits per heavy atom. The van der Waals surface area contributed by atoms with Crippen molar-refractivity contribution in [1.82, 2.24) is 10.6 Å². The summed E-state index contributed by atoms with van der Waals surface area (Å²) in [6, 6.07) is 7.23. The third-order valence-corrected chi connectivity index (χ3v) is 5.48. The lowest BCUT2D eigenvalue weighted by Crippen LogP contribution is -2.40. The average Bonchev–Trinajstić information content (AvgIpc) is 3.38. The van der Waals surface area contributed by atoms with Crippen molar-refractivity contribution in [3.63, 3.8) is 0 Å². The largest absolute Gasteiger partial charge is 0.396 e. The molecular weight excluding hydrogens is 317 g/mol. The molecule has 0 amide bonds. The van der Waals surface area contributed by atoms with Crippen molar-refractivity contribution in [3.05, 3.63) is 35.6 Å². The molecule has 4 nitrogen and oxygen atoms in total. The number of benzene rings is 1. The molecule has 2 atom stereocenters. The molecule has 0 saturated heterocycles. The average molecular weight is 349 g/mol. The number of aliphatic hydroxyl groups is 1. The van der Waals surface area contributed by atoms with Crippen LogP contribution in [-0.4, -0.2) is 36.8 Å². The number of aliphatic hydroxyl groups excluding tert-OH is 1. The fourth-order valence-electron chi connectivity index (χ4n) is 3.36. The zero-order valence-corrected chi connectivity index (χ0v) is 15.7. The first-order valence-electron chi connectivity index (χ1n) is 9.49. The molecular formula is C20H32FN3O. The Morgan fingerprint density at radius 1 is 1.28 bits per heavy atom. The minimum absolute atomic E-state index is 0.0472. The van der Waals surface area contributed by atoms with Crippen molar-refractivity contribution in [2.45, 2.75) is 58.4 Å². The first-order chi connectivity index (χ1) is 12.1. The Bertz CT molecular complexity index is 572. The summed E-state index contributed by atoms with van der Waals surface area (Å²) in [6.07, 6.45) is 3.68. The van der Waals surface area contributed by atoms with Crippen LogP contribution in [0, 0.1) is 11.2 Å². The van der Waals surface area contributed by atoms with Crippen LogP contribution < -0.4 is 10.6 Å². The van der Waals surface area contributed by atoms with Gasteiger partial charge in [-0.15, -0.1) is 0 Å². The van der Waals surface area contributed by atoms with Crippen LogP contribution in [0.1, 0.15) is 57.9 Å². The molecule has 0 aromatic heterocycles. The molecule has 1 aromatic carbocycles. The molecule has 0 radical (unpaired) electrons. The number of hydrogen-bond donors (Lipinski definition) is 3. The lowest BCUT2D eigenvalue weighted by Gasteiger charge is -2.29. The SMILES string of the molecule is CCNC(=NCC(CC)(CC)CCO)NC1CC1c1ccccc1F. The van der Waals surface area contributed by atoms with E-state index in [2.05, 4.69) is 24.5 Å². The maximum Gasteiger partial charge on any atom is 0.191 e. The molecule has 140 valence electrons. The van der Waals surface area contributed by atoms with E-state index in [1.54, 1.807) is 6.07 Å². The van der Waals surface area contributed by atoms with Crippen molar-refractivity contribution in [2.75, 3.05) is 19.7 Å². The highest BCUT2D eigenvalue weighted by Crippen LogP contribution is 2.41. The molecule has 1 aliphatic carbocycles. The minimum Gasteiger partial charge on any atom is -0.396 e. The number of hydrogen-bond acceptors (Lipinski definition) is 2. The summed E-state index contributed by atoms with van der Waals surface area (Å²) in [7, 11) is 0. The van der Waals surface area contributed by atoms with Gasteiger partial charge in [-0.1, -0.05) is 32.0 Å². The number of halogens is 1. The number of rotatable bonds is 9. The van der Waals surface area contributed by atoms with Gasteiger partial charge in [-0.2, -0.15) is 0 Å². The Hall–Kier alpha value is -1.62. The van der Waals surface area contributed by atoms with Gasteiger partial charge in [-0.05, 0) is 49.7 Å². The van der Waals surface area contributed by atoms with Gasteiger partial charge in [0.15, 0.2) is 5.96 Å². The first kappa shape index (κ1) is 19.7. The zero-order chi connectivity index (χ0) is 18.3. The van der Waals surface area contributed by atoms with Crippen molar-refractivity contribution in [1.29, 1.82) is 0 Å². The Kier molecular flexibility index (Phi) is 7.24. The Morgan fingerprint density at radius 3 is 2.60 bits per heavy atom. The maximum absolute atomic E-state index is 13.9. The number of aliphatic imine (C=N–C) groups is 1. The van der Waals surface area contributed by atoms with E-state index in [4.69, 9.17) is 4.99 Å². The van der Waals surface area contributed by atoms with E-state index in [0.29, 0.717) is 6.54 Å². The fourth-order valence-corrected chi connectivity index (χ4v) is 3.36. The molecule has 1 aromatic rings. The van der Waals surface area contributed by atoms with Gasteiger partial charge in [-0.3, -0.25) is 4.99 Å². The Labute approximate surface area is 150 Å². The van der Waals surface area contributed by atoms with Gasteiger partial charge in [-0.25, -0.2) is 4.39 Å². The van der Waals surface area contributed by atoms with Crippen LogP contribution in [0.15, 0.2) is 29.3 Å². The standard InChI is InChI=1S/C20H32FN3O/c1-4-20(5-2,11-12-25)14-23-19(22-6-3)24-18-13-16(18)15-9-7-8-10-17(15)21/h7-10,16,18,25H,4-6,11-14H2,1-3H3,(H2,22,23,24). The molecule has 25 heavy (non-hydrogen) atoms. The topological polar surface area (TPSA) is 56.7 Å². The van der Waals surface area contributed by atoms with Crippen LogP contribution in [0.25, 0.3) is 0 Å². The van der Waals surface area contributed by atoms with Crippen LogP contribution >= 0.6 is 0 Å². The maximum atomic E-state index is 13.9. The molecule has 2 rings (SSSR count). The van der Waals surface area contributed by atoms with E-state index < -0.39 is 0 Å². The summed E-state index contributed by atoms with van der Waals surface area (Å²) in [4.78, 5) is 4.77. The third kappa shape index (κ3) is 5.18. The second-order valence-electron chi connectivity index (χ2n) is 6.99. The highest BCUT2D eigenvalue weighted by molar-refractivity contribution is 5.80. The van der Waals surface area contributed by atoms with Crippen molar-refractivity contribution >= 4 is 5.96 Å². The van der Waals surface area contributed by atoms with E-state index in [1.165, 1.54) is 6.07 Å². The smallest absolute Gasteiger partial charge is 0.191 e. The van der Waals surface area contributed by atoms with E-state index in [1.807, 2.05) is 19.1 Å². The second-order valence-corrected chi connectivity index (χ2v) is 6.99. The van der Waals surface area contributed by atoms with Gasteiger partial charge >= 0.3 is 0 Å². The monoisotopic (exact) mass is 349 g/mol.